The van der Waals surface area contributed by atoms with E-state index in [0.717, 1.165) is 27.9 Å². The minimum absolute atomic E-state index is 0.0845. The van der Waals surface area contributed by atoms with Crippen LogP contribution in [0.15, 0.2) is 55.0 Å². The van der Waals surface area contributed by atoms with Crippen LogP contribution >= 0.6 is 0 Å². The number of aromatic nitrogens is 2. The fraction of sp³-hybridized carbons (Fsp3) is 0.118. The van der Waals surface area contributed by atoms with Gasteiger partial charge in [-0.25, -0.2) is 4.39 Å². The molecule has 1 aromatic carbocycles. The van der Waals surface area contributed by atoms with Crippen molar-refractivity contribution in [3.63, 3.8) is 0 Å². The summed E-state index contributed by atoms with van der Waals surface area (Å²) in [6.45, 7) is -0.0845. The van der Waals surface area contributed by atoms with Crippen molar-refractivity contribution in [2.75, 3.05) is 6.26 Å². The molecule has 0 aliphatic heterocycles. The van der Waals surface area contributed by atoms with Crippen molar-refractivity contribution in [2.24, 2.45) is 0 Å². The number of nitrogens with one attached hydrogen (secondary N) is 1. The molecular formula is C17H17FN2O4S. The lowest BCUT2D eigenvalue weighted by molar-refractivity contribution is 0.278. The van der Waals surface area contributed by atoms with Crippen LogP contribution in [0.2, 0.25) is 0 Å². The SMILES string of the molecule is CS(=O)(=O)O.OCc1[nH]cc(-c2ccc(F)cc2)c1-c1ccncc1. The third kappa shape index (κ3) is 5.49. The number of aromatic amines is 1. The van der Waals surface area contributed by atoms with Crippen molar-refractivity contribution in [3.8, 4) is 22.3 Å². The molecule has 2 heterocycles. The second-order valence-corrected chi connectivity index (χ2v) is 6.66. The third-order valence-corrected chi connectivity index (χ3v) is 3.24. The second kappa shape index (κ2) is 8.02. The minimum Gasteiger partial charge on any atom is -0.390 e. The Hall–Kier alpha value is -2.55. The van der Waals surface area contributed by atoms with Crippen molar-refractivity contribution < 1.29 is 22.5 Å². The van der Waals surface area contributed by atoms with Crippen LogP contribution in [-0.4, -0.2) is 34.3 Å². The normalized spacial score (nSPS) is 10.9. The lowest BCUT2D eigenvalue weighted by Crippen LogP contribution is -1.88. The molecule has 0 aliphatic carbocycles. The van der Waals surface area contributed by atoms with Gasteiger partial charge in [0.25, 0.3) is 10.1 Å². The number of aliphatic hydroxyl groups excluding tert-OH is 1. The zero-order chi connectivity index (χ0) is 18.4. The molecule has 0 spiro atoms. The Labute approximate surface area is 144 Å². The molecule has 132 valence electrons. The fourth-order valence-electron chi connectivity index (χ4n) is 2.30. The Morgan fingerprint density at radius 2 is 1.64 bits per heavy atom. The average Bonchev–Trinajstić information content (AvgIpc) is 2.99. The predicted octanol–water partition coefficient (Wildman–Crippen LogP) is 2.88. The molecular weight excluding hydrogens is 347 g/mol. The molecule has 6 nitrogen and oxygen atoms in total. The van der Waals surface area contributed by atoms with E-state index in [0.29, 0.717) is 6.26 Å². The summed E-state index contributed by atoms with van der Waals surface area (Å²) >= 11 is 0. The maximum absolute atomic E-state index is 13.0. The molecule has 0 bridgehead atoms. The molecule has 3 rings (SSSR count). The number of nitrogens with zero attached hydrogens (tertiary/aromatic N) is 1. The Morgan fingerprint density at radius 3 is 2.16 bits per heavy atom. The van der Waals surface area contributed by atoms with E-state index in [1.807, 2.05) is 18.3 Å². The largest absolute Gasteiger partial charge is 0.390 e. The van der Waals surface area contributed by atoms with Crippen molar-refractivity contribution in [2.45, 2.75) is 6.61 Å². The lowest BCUT2D eigenvalue weighted by atomic mass is 9.97. The van der Waals surface area contributed by atoms with Gasteiger partial charge in [-0.2, -0.15) is 8.42 Å². The smallest absolute Gasteiger partial charge is 0.261 e. The van der Waals surface area contributed by atoms with Crippen molar-refractivity contribution >= 4 is 10.1 Å². The number of hydrogen-bond acceptors (Lipinski definition) is 4. The lowest BCUT2D eigenvalue weighted by Gasteiger charge is -2.07. The molecule has 2 aromatic heterocycles. The Bertz CT molecular complexity index is 915. The van der Waals surface area contributed by atoms with E-state index in [9.17, 15) is 17.9 Å². The van der Waals surface area contributed by atoms with Crippen LogP contribution in [-0.2, 0) is 16.7 Å². The van der Waals surface area contributed by atoms with E-state index in [2.05, 4.69) is 9.97 Å². The van der Waals surface area contributed by atoms with E-state index >= 15 is 0 Å². The van der Waals surface area contributed by atoms with Gasteiger partial charge in [-0.1, -0.05) is 12.1 Å². The van der Waals surface area contributed by atoms with E-state index in [1.165, 1.54) is 12.1 Å². The van der Waals surface area contributed by atoms with Crippen molar-refractivity contribution in [1.82, 2.24) is 9.97 Å². The highest BCUT2D eigenvalue weighted by molar-refractivity contribution is 7.85. The number of rotatable bonds is 3. The standard InChI is InChI=1S/C16H13FN2O.CH4O3S/c17-13-3-1-11(2-4-13)14-9-19-15(10-20)16(14)12-5-7-18-8-6-12;1-5(2,3)4/h1-9,19-20H,10H2;1H3,(H,2,3,4). The Kier molecular flexibility index (Phi) is 6.02. The number of benzene rings is 1. The van der Waals surface area contributed by atoms with Crippen LogP contribution in [0.25, 0.3) is 22.3 Å². The van der Waals surface area contributed by atoms with Gasteiger partial charge in [0.15, 0.2) is 0 Å². The molecule has 0 fully saturated rings. The second-order valence-electron chi connectivity index (χ2n) is 5.19. The topological polar surface area (TPSA) is 103 Å². The van der Waals surface area contributed by atoms with Crippen molar-refractivity contribution in [1.29, 1.82) is 0 Å². The van der Waals surface area contributed by atoms with E-state index in [4.69, 9.17) is 4.55 Å². The maximum Gasteiger partial charge on any atom is 0.261 e. The van der Waals surface area contributed by atoms with Crippen LogP contribution in [0.1, 0.15) is 5.69 Å². The van der Waals surface area contributed by atoms with Gasteiger partial charge in [-0.15, -0.1) is 0 Å². The Morgan fingerprint density at radius 1 is 1.08 bits per heavy atom. The molecule has 0 amide bonds. The number of hydrogen-bond donors (Lipinski definition) is 3. The molecule has 0 saturated heterocycles. The summed E-state index contributed by atoms with van der Waals surface area (Å²) in [6, 6.07) is 10.1. The molecule has 0 aliphatic rings. The van der Waals surface area contributed by atoms with Gasteiger partial charge in [0.1, 0.15) is 5.82 Å². The van der Waals surface area contributed by atoms with Gasteiger partial charge in [-0.3, -0.25) is 9.54 Å². The summed E-state index contributed by atoms with van der Waals surface area (Å²) in [5.41, 5.74) is 4.44. The summed E-state index contributed by atoms with van der Waals surface area (Å²) in [5.74, 6) is -0.267. The van der Waals surface area contributed by atoms with E-state index < -0.39 is 10.1 Å². The van der Waals surface area contributed by atoms with E-state index in [-0.39, 0.29) is 12.4 Å². The van der Waals surface area contributed by atoms with Crippen LogP contribution < -0.4 is 0 Å². The quantitative estimate of drug-likeness (QED) is 0.620. The first kappa shape index (κ1) is 18.8. The van der Waals surface area contributed by atoms with Crippen LogP contribution in [0.5, 0.6) is 0 Å². The molecule has 3 aromatic rings. The van der Waals surface area contributed by atoms with Crippen LogP contribution in [0, 0.1) is 5.82 Å². The van der Waals surface area contributed by atoms with Gasteiger partial charge in [-0.05, 0) is 35.4 Å². The molecule has 25 heavy (non-hydrogen) atoms. The van der Waals surface area contributed by atoms with Gasteiger partial charge in [0, 0.05) is 35.4 Å². The molecule has 0 unspecified atom stereocenters. The summed E-state index contributed by atoms with van der Waals surface area (Å²) < 4.78 is 38.9. The first-order valence-corrected chi connectivity index (χ1v) is 9.04. The average molecular weight is 364 g/mol. The summed E-state index contributed by atoms with van der Waals surface area (Å²) in [5, 5.41) is 9.48. The van der Waals surface area contributed by atoms with Gasteiger partial charge >= 0.3 is 0 Å². The minimum atomic E-state index is -3.67. The predicted molar refractivity (Wildman–Crippen MR) is 92.8 cm³/mol. The molecule has 3 N–H and O–H groups in total. The monoisotopic (exact) mass is 364 g/mol. The fourth-order valence-corrected chi connectivity index (χ4v) is 2.30. The highest BCUT2D eigenvalue weighted by Crippen LogP contribution is 2.34. The number of halogens is 1. The Balaban J connectivity index is 0.000000399. The first-order valence-electron chi connectivity index (χ1n) is 7.19. The van der Waals surface area contributed by atoms with E-state index in [1.54, 1.807) is 24.5 Å². The summed E-state index contributed by atoms with van der Waals surface area (Å²) in [6.07, 6.45) is 5.96. The maximum atomic E-state index is 13.0. The summed E-state index contributed by atoms with van der Waals surface area (Å²) in [4.78, 5) is 7.07. The highest BCUT2D eigenvalue weighted by atomic mass is 32.2. The molecule has 0 atom stereocenters. The number of H-pyrrole nitrogens is 1. The molecule has 8 heteroatoms. The van der Waals surface area contributed by atoms with Crippen LogP contribution in [0.4, 0.5) is 4.39 Å². The van der Waals surface area contributed by atoms with Gasteiger partial charge in [0.05, 0.1) is 12.9 Å². The molecule has 0 saturated carbocycles. The first-order chi connectivity index (χ1) is 11.8. The zero-order valence-corrected chi connectivity index (χ0v) is 14.2. The van der Waals surface area contributed by atoms with Gasteiger partial charge in [0.2, 0.25) is 0 Å². The van der Waals surface area contributed by atoms with Gasteiger partial charge < -0.3 is 10.1 Å². The van der Waals surface area contributed by atoms with Crippen LogP contribution in [0.3, 0.4) is 0 Å². The number of aliphatic hydroxyl groups is 1. The zero-order valence-electron chi connectivity index (χ0n) is 13.3. The molecule has 0 radical (unpaired) electrons. The third-order valence-electron chi connectivity index (χ3n) is 3.24. The highest BCUT2D eigenvalue weighted by Gasteiger charge is 2.14. The van der Waals surface area contributed by atoms with Crippen molar-refractivity contribution in [3.05, 3.63) is 66.5 Å². The summed E-state index contributed by atoms with van der Waals surface area (Å²) in [7, 11) is -3.67. The number of pyridine rings is 1.